The van der Waals surface area contributed by atoms with Gasteiger partial charge in [0, 0.05) is 17.3 Å². The van der Waals surface area contributed by atoms with Crippen LogP contribution in [-0.2, 0) is 0 Å². The third kappa shape index (κ3) is 2.58. The molecule has 4 nitrogen and oxygen atoms in total. The van der Waals surface area contributed by atoms with Crippen molar-refractivity contribution in [2.24, 2.45) is 0 Å². The van der Waals surface area contributed by atoms with Gasteiger partial charge in [-0.1, -0.05) is 17.8 Å². The molecule has 2 aromatic heterocycles. The summed E-state index contributed by atoms with van der Waals surface area (Å²) in [6.45, 7) is 0. The van der Waals surface area contributed by atoms with Crippen LogP contribution in [0.5, 0.6) is 0 Å². The van der Waals surface area contributed by atoms with Crippen molar-refractivity contribution < 1.29 is 9.90 Å². The third-order valence-corrected chi connectivity index (χ3v) is 2.76. The van der Waals surface area contributed by atoms with E-state index in [0.717, 1.165) is 4.90 Å². The highest BCUT2D eigenvalue weighted by Gasteiger charge is 2.05. The first kappa shape index (κ1) is 10.6. The number of pyridine rings is 2. The van der Waals surface area contributed by atoms with Gasteiger partial charge in [0.1, 0.15) is 10.7 Å². The number of carboxylic acid groups (broad SMARTS) is 1. The number of carboxylic acids is 1. The second-order valence-electron chi connectivity index (χ2n) is 2.95. The molecule has 5 heteroatoms. The number of hydrogen-bond donors (Lipinski definition) is 1. The van der Waals surface area contributed by atoms with E-state index in [9.17, 15) is 4.79 Å². The molecule has 0 spiro atoms. The Balaban J connectivity index is 2.22. The maximum absolute atomic E-state index is 10.7. The summed E-state index contributed by atoms with van der Waals surface area (Å²) in [4.78, 5) is 19.6. The molecule has 0 amide bonds. The van der Waals surface area contributed by atoms with Gasteiger partial charge in [-0.3, -0.25) is 4.98 Å². The van der Waals surface area contributed by atoms with Crippen molar-refractivity contribution in [3.63, 3.8) is 0 Å². The van der Waals surface area contributed by atoms with Crippen molar-refractivity contribution in [2.45, 2.75) is 9.92 Å². The Morgan fingerprint density at radius 3 is 2.62 bits per heavy atom. The van der Waals surface area contributed by atoms with Crippen LogP contribution in [0.25, 0.3) is 0 Å². The molecule has 0 saturated heterocycles. The molecule has 0 saturated carbocycles. The van der Waals surface area contributed by atoms with Crippen molar-refractivity contribution in [3.05, 3.63) is 48.4 Å². The average Bonchev–Trinajstić information content (AvgIpc) is 2.30. The molecule has 0 radical (unpaired) electrons. The van der Waals surface area contributed by atoms with Gasteiger partial charge in [-0.2, -0.15) is 0 Å². The Bertz CT molecular complexity index is 502. The van der Waals surface area contributed by atoms with E-state index in [4.69, 9.17) is 5.11 Å². The lowest BCUT2D eigenvalue weighted by atomic mass is 10.4. The van der Waals surface area contributed by atoms with Gasteiger partial charge in [0.2, 0.25) is 0 Å². The van der Waals surface area contributed by atoms with E-state index in [2.05, 4.69) is 9.97 Å². The largest absolute Gasteiger partial charge is 0.477 e. The summed E-state index contributed by atoms with van der Waals surface area (Å²) in [6, 6.07) is 8.62. The lowest BCUT2D eigenvalue weighted by molar-refractivity contribution is 0.0689. The highest BCUT2D eigenvalue weighted by molar-refractivity contribution is 7.99. The minimum atomic E-state index is -1.02. The molecule has 0 fully saturated rings. The molecule has 0 atom stereocenters. The molecule has 0 aliphatic heterocycles. The van der Waals surface area contributed by atoms with Gasteiger partial charge in [-0.05, 0) is 24.3 Å². The smallest absolute Gasteiger partial charge is 0.354 e. The lowest BCUT2D eigenvalue weighted by Crippen LogP contribution is -1.99. The van der Waals surface area contributed by atoms with Crippen LogP contribution in [0, 0.1) is 0 Å². The number of aromatic nitrogens is 2. The van der Waals surface area contributed by atoms with Crippen LogP contribution in [0.4, 0.5) is 0 Å². The highest BCUT2D eigenvalue weighted by atomic mass is 32.2. The molecule has 0 bridgehead atoms. The highest BCUT2D eigenvalue weighted by Crippen LogP contribution is 2.24. The summed E-state index contributed by atoms with van der Waals surface area (Å²) >= 11 is 1.40. The summed E-state index contributed by atoms with van der Waals surface area (Å²) < 4.78 is 0. The Hall–Kier alpha value is -1.88. The average molecular weight is 232 g/mol. The molecule has 80 valence electrons. The maximum Gasteiger partial charge on any atom is 0.354 e. The van der Waals surface area contributed by atoms with Crippen molar-refractivity contribution in [1.29, 1.82) is 0 Å². The van der Waals surface area contributed by atoms with E-state index in [-0.39, 0.29) is 5.69 Å². The first-order valence-corrected chi connectivity index (χ1v) is 5.35. The lowest BCUT2D eigenvalue weighted by Gasteiger charge is -2.00. The molecule has 0 aliphatic carbocycles. The molecular weight excluding hydrogens is 224 g/mol. The zero-order chi connectivity index (χ0) is 11.4. The summed E-state index contributed by atoms with van der Waals surface area (Å²) in [5.41, 5.74) is 0.0547. The Kier molecular flexibility index (Phi) is 3.16. The van der Waals surface area contributed by atoms with Gasteiger partial charge in [-0.25, -0.2) is 9.78 Å². The Labute approximate surface area is 96.4 Å². The van der Waals surface area contributed by atoms with Crippen LogP contribution in [0.15, 0.2) is 52.6 Å². The number of hydrogen-bond acceptors (Lipinski definition) is 4. The van der Waals surface area contributed by atoms with Gasteiger partial charge < -0.3 is 5.11 Å². The molecule has 2 heterocycles. The molecule has 2 aromatic rings. The predicted molar refractivity (Wildman–Crippen MR) is 59.6 cm³/mol. The van der Waals surface area contributed by atoms with Crippen molar-refractivity contribution in [3.8, 4) is 0 Å². The van der Waals surface area contributed by atoms with Crippen LogP contribution >= 0.6 is 11.8 Å². The van der Waals surface area contributed by atoms with Crippen LogP contribution < -0.4 is 0 Å². The zero-order valence-electron chi connectivity index (χ0n) is 8.20. The summed E-state index contributed by atoms with van der Waals surface area (Å²) in [5, 5.41) is 9.45. The quantitative estimate of drug-likeness (QED) is 0.879. The van der Waals surface area contributed by atoms with Gasteiger partial charge in [-0.15, -0.1) is 0 Å². The van der Waals surface area contributed by atoms with Crippen molar-refractivity contribution in [1.82, 2.24) is 9.97 Å². The predicted octanol–water partition coefficient (Wildman–Crippen LogP) is 2.33. The zero-order valence-corrected chi connectivity index (χ0v) is 9.02. The monoisotopic (exact) mass is 232 g/mol. The number of nitrogens with zero attached hydrogens (tertiary/aromatic N) is 2. The molecule has 1 N–H and O–H groups in total. The maximum atomic E-state index is 10.7. The van der Waals surface area contributed by atoms with Crippen molar-refractivity contribution >= 4 is 17.7 Å². The normalized spacial score (nSPS) is 10.0. The van der Waals surface area contributed by atoms with E-state index in [0.29, 0.717) is 5.03 Å². The Morgan fingerprint density at radius 1 is 1.19 bits per heavy atom. The van der Waals surface area contributed by atoms with E-state index < -0.39 is 5.97 Å². The topological polar surface area (TPSA) is 63.1 Å². The SMILES string of the molecule is O=C(O)c1cccc(Sc2ccncc2)n1. The van der Waals surface area contributed by atoms with Crippen LogP contribution in [0.3, 0.4) is 0 Å². The van der Waals surface area contributed by atoms with E-state index >= 15 is 0 Å². The molecule has 2 rings (SSSR count). The van der Waals surface area contributed by atoms with Crippen LogP contribution in [0.2, 0.25) is 0 Å². The summed E-state index contributed by atoms with van der Waals surface area (Å²) in [7, 11) is 0. The summed E-state index contributed by atoms with van der Waals surface area (Å²) in [6.07, 6.45) is 3.37. The second kappa shape index (κ2) is 4.76. The van der Waals surface area contributed by atoms with Gasteiger partial charge >= 0.3 is 5.97 Å². The minimum absolute atomic E-state index is 0.0547. The van der Waals surface area contributed by atoms with Gasteiger partial charge in [0.05, 0.1) is 0 Å². The van der Waals surface area contributed by atoms with E-state index in [1.807, 2.05) is 12.1 Å². The molecule has 0 unspecified atom stereocenters. The minimum Gasteiger partial charge on any atom is -0.477 e. The number of carbonyl (C=O) groups is 1. The third-order valence-electron chi connectivity index (χ3n) is 1.81. The Morgan fingerprint density at radius 2 is 1.94 bits per heavy atom. The fourth-order valence-corrected chi connectivity index (χ4v) is 1.91. The molecule has 16 heavy (non-hydrogen) atoms. The van der Waals surface area contributed by atoms with E-state index in [1.165, 1.54) is 17.8 Å². The second-order valence-corrected chi connectivity index (χ2v) is 4.05. The number of aromatic carboxylic acids is 1. The first-order valence-electron chi connectivity index (χ1n) is 4.54. The van der Waals surface area contributed by atoms with Gasteiger partial charge in [0.15, 0.2) is 0 Å². The first-order chi connectivity index (χ1) is 7.75. The van der Waals surface area contributed by atoms with Gasteiger partial charge in [0.25, 0.3) is 0 Å². The molecular formula is C11H8N2O2S. The van der Waals surface area contributed by atoms with Crippen LogP contribution in [0.1, 0.15) is 10.5 Å². The molecule has 0 aliphatic rings. The standard InChI is InChI=1S/C11H8N2O2S/c14-11(15)9-2-1-3-10(13-9)16-8-4-6-12-7-5-8/h1-7H,(H,14,15). The van der Waals surface area contributed by atoms with Crippen molar-refractivity contribution in [2.75, 3.05) is 0 Å². The van der Waals surface area contributed by atoms with E-state index in [1.54, 1.807) is 24.5 Å². The fraction of sp³-hybridized carbons (Fsp3) is 0. The molecule has 0 aromatic carbocycles. The number of rotatable bonds is 3. The van der Waals surface area contributed by atoms with Crippen LogP contribution in [-0.4, -0.2) is 21.0 Å². The fourth-order valence-electron chi connectivity index (χ4n) is 1.12. The summed E-state index contributed by atoms with van der Waals surface area (Å²) in [5.74, 6) is -1.02.